The Hall–Kier alpha value is -3.68. The summed E-state index contributed by atoms with van der Waals surface area (Å²) < 4.78 is 20.7. The summed E-state index contributed by atoms with van der Waals surface area (Å²) in [4.78, 5) is 17.2. The van der Waals surface area contributed by atoms with E-state index in [0.29, 0.717) is 24.4 Å². The number of carbonyl (C=O) groups excluding carboxylic acids is 1. The Bertz CT molecular complexity index is 1110. The molecule has 0 aliphatic rings. The van der Waals surface area contributed by atoms with E-state index in [-0.39, 0.29) is 11.5 Å². The summed E-state index contributed by atoms with van der Waals surface area (Å²) in [5, 5.41) is 10.3. The van der Waals surface area contributed by atoms with Gasteiger partial charge in [0, 0.05) is 24.8 Å². The number of aryl methyl sites for hydroxylation is 2. The number of anilines is 1. The van der Waals surface area contributed by atoms with Crippen LogP contribution >= 0.6 is 0 Å². The molecule has 8 heteroatoms. The number of nitrogens with zero attached hydrogens (tertiary/aromatic N) is 3. The number of hydrogen-bond acceptors (Lipinski definition) is 4. The lowest BCUT2D eigenvalue weighted by molar-refractivity contribution is 0.0976. The number of nitrogens with one attached hydrogen (secondary N) is 2. The topological polar surface area (TPSA) is 80.5 Å². The Morgan fingerprint density at radius 3 is 2.65 bits per heavy atom. The van der Waals surface area contributed by atoms with E-state index in [1.54, 1.807) is 19.2 Å². The van der Waals surface area contributed by atoms with Gasteiger partial charge in [-0.15, -0.1) is 0 Å². The molecule has 1 amide bonds. The van der Waals surface area contributed by atoms with Gasteiger partial charge in [-0.3, -0.25) is 19.8 Å². The van der Waals surface area contributed by atoms with E-state index in [9.17, 15) is 9.18 Å². The molecule has 7 nitrogen and oxygen atoms in total. The number of rotatable bonds is 6. The van der Waals surface area contributed by atoms with Gasteiger partial charge in [-0.25, -0.2) is 4.39 Å². The number of halogens is 1. The molecule has 0 fully saturated rings. The van der Waals surface area contributed by atoms with Crippen molar-refractivity contribution in [1.82, 2.24) is 15.1 Å². The van der Waals surface area contributed by atoms with E-state index < -0.39 is 11.7 Å². The van der Waals surface area contributed by atoms with E-state index in [1.165, 1.54) is 18.2 Å². The van der Waals surface area contributed by atoms with Crippen molar-refractivity contribution in [2.45, 2.75) is 20.3 Å². The van der Waals surface area contributed by atoms with Crippen molar-refractivity contribution >= 4 is 17.6 Å². The number of benzene rings is 2. The Morgan fingerprint density at radius 1 is 1.19 bits per heavy atom. The number of para-hydroxylation sites is 2. The molecular formula is C23H26FN5O2. The summed E-state index contributed by atoms with van der Waals surface area (Å²) in [5.41, 5.74) is 4.01. The average molecular weight is 423 g/mol. The van der Waals surface area contributed by atoms with Gasteiger partial charge in [0.05, 0.1) is 18.5 Å². The van der Waals surface area contributed by atoms with Gasteiger partial charge in [-0.2, -0.15) is 5.10 Å². The zero-order chi connectivity index (χ0) is 22.4. The largest absolute Gasteiger partial charge is 0.495 e. The molecule has 31 heavy (non-hydrogen) atoms. The molecule has 0 saturated heterocycles. The van der Waals surface area contributed by atoms with Gasteiger partial charge in [-0.1, -0.05) is 18.2 Å². The third-order valence-electron chi connectivity index (χ3n) is 4.97. The van der Waals surface area contributed by atoms with Gasteiger partial charge < -0.3 is 10.1 Å². The lowest BCUT2D eigenvalue weighted by Crippen LogP contribution is -2.36. The number of ether oxygens (including phenoxy) is 1. The Morgan fingerprint density at radius 2 is 1.97 bits per heavy atom. The molecule has 0 bridgehead atoms. The van der Waals surface area contributed by atoms with Crippen LogP contribution in [0.25, 0.3) is 0 Å². The van der Waals surface area contributed by atoms with Crippen LogP contribution < -0.4 is 15.4 Å². The monoisotopic (exact) mass is 423 g/mol. The van der Waals surface area contributed by atoms with E-state index in [0.717, 1.165) is 17.0 Å². The third kappa shape index (κ3) is 5.48. The van der Waals surface area contributed by atoms with Gasteiger partial charge in [0.25, 0.3) is 5.91 Å². The van der Waals surface area contributed by atoms with Gasteiger partial charge in [0.2, 0.25) is 5.96 Å². The first-order valence-corrected chi connectivity index (χ1v) is 9.89. The van der Waals surface area contributed by atoms with Crippen molar-refractivity contribution in [2.24, 2.45) is 12.0 Å². The summed E-state index contributed by atoms with van der Waals surface area (Å²) in [6, 6.07) is 12.8. The maximum absolute atomic E-state index is 13.5. The van der Waals surface area contributed by atoms with Crippen molar-refractivity contribution in [3.05, 3.63) is 76.9 Å². The first-order chi connectivity index (χ1) is 14.9. The van der Waals surface area contributed by atoms with E-state index >= 15 is 0 Å². The Balaban J connectivity index is 1.82. The number of hydrogen-bond donors (Lipinski definition) is 2. The number of guanidine groups is 1. The summed E-state index contributed by atoms with van der Waals surface area (Å²) in [7, 11) is 3.47. The van der Waals surface area contributed by atoms with Crippen LogP contribution in [-0.4, -0.2) is 35.3 Å². The molecule has 1 aromatic heterocycles. The summed E-state index contributed by atoms with van der Waals surface area (Å²) in [6.45, 7) is 4.40. The molecule has 0 aliphatic carbocycles. The fraction of sp³-hybridized carbons (Fsp3) is 0.261. The quantitative estimate of drug-likeness (QED) is 0.469. The highest BCUT2D eigenvalue weighted by Gasteiger charge is 2.13. The summed E-state index contributed by atoms with van der Waals surface area (Å²) in [6.07, 6.45) is 0.665. The standard InChI is InChI=1S/C23H26FN5O2/c1-15-19(16(2)29(3)28-15)12-13-25-23(26-20-10-5-6-11-21(20)31-4)27-22(30)17-8-7-9-18(24)14-17/h5-11,14H,12-13H2,1-4H3,(H2,25,26,27,30). The normalized spacial score (nSPS) is 11.3. The zero-order valence-electron chi connectivity index (χ0n) is 18.1. The van der Waals surface area contributed by atoms with Crippen molar-refractivity contribution in [2.75, 3.05) is 19.0 Å². The second-order valence-electron chi connectivity index (χ2n) is 7.04. The summed E-state index contributed by atoms with van der Waals surface area (Å²) >= 11 is 0. The van der Waals surface area contributed by atoms with Crippen LogP contribution in [0.15, 0.2) is 53.5 Å². The van der Waals surface area contributed by atoms with Gasteiger partial charge >= 0.3 is 0 Å². The Labute approximate surface area is 181 Å². The molecule has 0 radical (unpaired) electrons. The Kier molecular flexibility index (Phi) is 7.02. The highest BCUT2D eigenvalue weighted by Crippen LogP contribution is 2.23. The van der Waals surface area contributed by atoms with Crippen LogP contribution in [0.5, 0.6) is 5.75 Å². The lowest BCUT2D eigenvalue weighted by Gasteiger charge is -2.14. The fourth-order valence-electron chi connectivity index (χ4n) is 3.25. The van der Waals surface area contributed by atoms with Crippen molar-refractivity contribution in [3.8, 4) is 5.75 Å². The molecular weight excluding hydrogens is 397 g/mol. The molecule has 0 unspecified atom stereocenters. The predicted octanol–water partition coefficient (Wildman–Crippen LogP) is 3.63. The van der Waals surface area contributed by atoms with Gasteiger partial charge in [0.15, 0.2) is 0 Å². The maximum atomic E-state index is 13.5. The van der Waals surface area contributed by atoms with E-state index in [2.05, 4.69) is 20.7 Å². The number of methoxy groups -OCH3 is 1. The van der Waals surface area contributed by atoms with Crippen LogP contribution in [-0.2, 0) is 13.5 Å². The first kappa shape index (κ1) is 22.0. The van der Waals surface area contributed by atoms with Crippen LogP contribution in [0, 0.1) is 19.7 Å². The van der Waals surface area contributed by atoms with E-state index in [4.69, 9.17) is 4.74 Å². The highest BCUT2D eigenvalue weighted by molar-refractivity contribution is 6.10. The third-order valence-corrected chi connectivity index (χ3v) is 4.97. The van der Waals surface area contributed by atoms with Crippen LogP contribution in [0.3, 0.4) is 0 Å². The molecule has 1 heterocycles. The molecule has 0 aliphatic heterocycles. The minimum Gasteiger partial charge on any atom is -0.495 e. The molecule has 0 atom stereocenters. The number of aliphatic imine (C=N–C) groups is 1. The molecule has 2 N–H and O–H groups in total. The molecule has 0 saturated carbocycles. The van der Waals surface area contributed by atoms with Crippen LogP contribution in [0.2, 0.25) is 0 Å². The average Bonchev–Trinajstić information content (AvgIpc) is 2.99. The van der Waals surface area contributed by atoms with Crippen LogP contribution in [0.1, 0.15) is 27.3 Å². The lowest BCUT2D eigenvalue weighted by atomic mass is 10.1. The van der Waals surface area contributed by atoms with Gasteiger partial charge in [0.1, 0.15) is 11.6 Å². The highest BCUT2D eigenvalue weighted by atomic mass is 19.1. The second-order valence-corrected chi connectivity index (χ2v) is 7.04. The predicted molar refractivity (Wildman–Crippen MR) is 119 cm³/mol. The maximum Gasteiger partial charge on any atom is 0.258 e. The van der Waals surface area contributed by atoms with Crippen molar-refractivity contribution in [1.29, 1.82) is 0 Å². The second kappa shape index (κ2) is 9.88. The van der Waals surface area contributed by atoms with Crippen molar-refractivity contribution < 1.29 is 13.9 Å². The summed E-state index contributed by atoms with van der Waals surface area (Å²) in [5.74, 6) is -0.0900. The molecule has 2 aromatic carbocycles. The fourth-order valence-corrected chi connectivity index (χ4v) is 3.25. The zero-order valence-corrected chi connectivity index (χ0v) is 18.1. The number of amides is 1. The smallest absolute Gasteiger partial charge is 0.258 e. The van der Waals surface area contributed by atoms with Crippen LogP contribution in [0.4, 0.5) is 10.1 Å². The van der Waals surface area contributed by atoms with Gasteiger partial charge in [-0.05, 0) is 56.2 Å². The van der Waals surface area contributed by atoms with Crippen molar-refractivity contribution in [3.63, 3.8) is 0 Å². The molecule has 162 valence electrons. The SMILES string of the molecule is COc1ccccc1NC(=NCCc1c(C)nn(C)c1C)NC(=O)c1cccc(F)c1. The molecule has 0 spiro atoms. The first-order valence-electron chi connectivity index (χ1n) is 9.89. The number of carbonyl (C=O) groups is 1. The minimum atomic E-state index is -0.480. The minimum absolute atomic E-state index is 0.202. The van der Waals surface area contributed by atoms with E-state index in [1.807, 2.05) is 43.8 Å². The molecule has 3 rings (SSSR count). The molecule has 3 aromatic rings. The number of aromatic nitrogens is 2.